The Labute approximate surface area is 139 Å². The van der Waals surface area contributed by atoms with Crippen LogP contribution >= 0.6 is 0 Å². The Morgan fingerprint density at radius 2 is 2.21 bits per heavy atom. The van der Waals surface area contributed by atoms with E-state index in [1.807, 2.05) is 0 Å². The van der Waals surface area contributed by atoms with Gasteiger partial charge in [0, 0.05) is 26.7 Å². The summed E-state index contributed by atoms with van der Waals surface area (Å²) >= 11 is 0. The molecule has 3 rings (SSSR count). The van der Waals surface area contributed by atoms with Crippen molar-refractivity contribution in [1.82, 2.24) is 20.0 Å². The van der Waals surface area contributed by atoms with E-state index < -0.39 is 5.76 Å². The number of piperidine rings is 1. The molecule has 0 amide bonds. The van der Waals surface area contributed by atoms with Gasteiger partial charge >= 0.3 is 5.76 Å². The summed E-state index contributed by atoms with van der Waals surface area (Å²) in [5.41, 5.74) is 0.536. The third-order valence-corrected chi connectivity index (χ3v) is 4.17. The van der Waals surface area contributed by atoms with Crippen LogP contribution in [0.4, 0.5) is 0 Å². The smallest absolute Gasteiger partial charge is 0.439 e. The van der Waals surface area contributed by atoms with Crippen molar-refractivity contribution in [2.45, 2.75) is 25.4 Å². The SMILES string of the molecule is COC1CCN(CCCOc2ccc(-c3noc(=O)[nH]3)nc2)CC1. The largest absolute Gasteiger partial charge is 0.492 e. The Hall–Kier alpha value is -2.19. The van der Waals surface area contributed by atoms with E-state index in [-0.39, 0.29) is 0 Å². The molecule has 0 spiro atoms. The fourth-order valence-electron chi connectivity index (χ4n) is 2.79. The second kappa shape index (κ2) is 8.07. The van der Waals surface area contributed by atoms with E-state index in [2.05, 4.69) is 24.5 Å². The number of hydrogen-bond donors (Lipinski definition) is 1. The third-order valence-electron chi connectivity index (χ3n) is 4.17. The number of pyridine rings is 1. The number of hydrogen-bond acceptors (Lipinski definition) is 7. The van der Waals surface area contributed by atoms with Crippen LogP contribution in [0.25, 0.3) is 11.5 Å². The molecular formula is C16H22N4O4. The first-order valence-corrected chi connectivity index (χ1v) is 8.15. The molecule has 3 heterocycles. The van der Waals surface area contributed by atoms with Crippen molar-refractivity contribution in [2.24, 2.45) is 0 Å². The van der Waals surface area contributed by atoms with Gasteiger partial charge in [-0.2, -0.15) is 0 Å². The Kier molecular flexibility index (Phi) is 5.60. The van der Waals surface area contributed by atoms with Crippen LogP contribution in [0, 0.1) is 0 Å². The summed E-state index contributed by atoms with van der Waals surface area (Å²) in [6.07, 6.45) is 5.21. The highest BCUT2D eigenvalue weighted by Gasteiger charge is 2.17. The first kappa shape index (κ1) is 16.7. The number of likely N-dealkylation sites (tertiary alicyclic amines) is 1. The van der Waals surface area contributed by atoms with E-state index in [1.54, 1.807) is 25.4 Å². The van der Waals surface area contributed by atoms with Crippen molar-refractivity contribution in [3.05, 3.63) is 28.9 Å². The van der Waals surface area contributed by atoms with Gasteiger partial charge in [0.1, 0.15) is 11.4 Å². The molecule has 24 heavy (non-hydrogen) atoms. The maximum absolute atomic E-state index is 10.9. The standard InChI is InChI=1S/C16H22N4O4/c1-22-12-5-8-20(9-6-12)7-2-10-23-13-3-4-14(17-11-13)15-18-16(21)24-19-15/h3-4,11-12H,2,5-10H2,1H3,(H,18,19,21). The minimum absolute atomic E-state index is 0.311. The molecule has 1 saturated heterocycles. The number of nitrogens with one attached hydrogen (secondary N) is 1. The fourth-order valence-corrected chi connectivity index (χ4v) is 2.79. The molecule has 0 radical (unpaired) electrons. The molecule has 1 aliphatic heterocycles. The monoisotopic (exact) mass is 334 g/mol. The van der Waals surface area contributed by atoms with Gasteiger partial charge in [-0.25, -0.2) is 9.78 Å². The van der Waals surface area contributed by atoms with Crippen LogP contribution < -0.4 is 10.5 Å². The zero-order valence-corrected chi connectivity index (χ0v) is 13.7. The van der Waals surface area contributed by atoms with Crippen LogP contribution in [0.15, 0.2) is 27.6 Å². The lowest BCUT2D eigenvalue weighted by atomic mass is 10.1. The van der Waals surface area contributed by atoms with Crippen molar-refractivity contribution in [3.63, 3.8) is 0 Å². The molecule has 0 bridgehead atoms. The molecule has 0 aromatic carbocycles. The van der Waals surface area contributed by atoms with Gasteiger partial charge in [-0.05, 0) is 31.4 Å². The van der Waals surface area contributed by atoms with Crippen molar-refractivity contribution in [3.8, 4) is 17.3 Å². The van der Waals surface area contributed by atoms with Crippen molar-refractivity contribution in [1.29, 1.82) is 0 Å². The lowest BCUT2D eigenvalue weighted by Gasteiger charge is -2.31. The van der Waals surface area contributed by atoms with Crippen molar-refractivity contribution in [2.75, 3.05) is 33.4 Å². The van der Waals surface area contributed by atoms with Crippen molar-refractivity contribution >= 4 is 0 Å². The van der Waals surface area contributed by atoms with Gasteiger partial charge in [0.15, 0.2) is 0 Å². The van der Waals surface area contributed by atoms with E-state index >= 15 is 0 Å². The van der Waals surface area contributed by atoms with Gasteiger partial charge in [0.25, 0.3) is 0 Å². The molecule has 8 nitrogen and oxygen atoms in total. The molecule has 2 aromatic rings. The number of methoxy groups -OCH3 is 1. The van der Waals surface area contributed by atoms with E-state index in [0.717, 1.165) is 38.9 Å². The average molecular weight is 334 g/mol. The van der Waals surface area contributed by atoms with Gasteiger partial charge in [-0.3, -0.25) is 9.51 Å². The molecule has 0 unspecified atom stereocenters. The van der Waals surface area contributed by atoms with E-state index in [4.69, 9.17) is 9.47 Å². The van der Waals surface area contributed by atoms with Gasteiger partial charge < -0.3 is 14.4 Å². The number of nitrogens with zero attached hydrogens (tertiary/aromatic N) is 3. The van der Waals surface area contributed by atoms with E-state index in [9.17, 15) is 4.79 Å². The van der Waals surface area contributed by atoms with Crippen LogP contribution in [0.3, 0.4) is 0 Å². The molecule has 1 N–H and O–H groups in total. The summed E-state index contributed by atoms with van der Waals surface area (Å²) in [5.74, 6) is 0.412. The zero-order chi connectivity index (χ0) is 16.8. The van der Waals surface area contributed by atoms with Gasteiger partial charge in [-0.1, -0.05) is 5.16 Å². The Bertz CT molecular complexity index is 674. The van der Waals surface area contributed by atoms with Crippen LogP contribution in [0.5, 0.6) is 5.75 Å². The lowest BCUT2D eigenvalue weighted by Crippen LogP contribution is -2.37. The minimum atomic E-state index is -0.596. The first-order chi connectivity index (χ1) is 11.7. The molecular weight excluding hydrogens is 312 g/mol. The van der Waals surface area contributed by atoms with Crippen LogP contribution in [0.1, 0.15) is 19.3 Å². The quantitative estimate of drug-likeness (QED) is 0.763. The third kappa shape index (κ3) is 4.42. The summed E-state index contributed by atoms with van der Waals surface area (Å²) in [5, 5.41) is 3.59. The zero-order valence-electron chi connectivity index (χ0n) is 13.7. The summed E-state index contributed by atoms with van der Waals surface area (Å²) in [7, 11) is 1.79. The maximum atomic E-state index is 10.9. The highest BCUT2D eigenvalue weighted by Crippen LogP contribution is 2.16. The molecule has 0 aliphatic carbocycles. The molecule has 0 saturated carbocycles. The van der Waals surface area contributed by atoms with Crippen molar-refractivity contribution < 1.29 is 14.0 Å². The topological polar surface area (TPSA) is 93.5 Å². The summed E-state index contributed by atoms with van der Waals surface area (Å²) in [6.45, 7) is 3.85. The summed E-state index contributed by atoms with van der Waals surface area (Å²) < 4.78 is 15.5. The Morgan fingerprint density at radius 1 is 1.38 bits per heavy atom. The van der Waals surface area contributed by atoms with E-state index in [0.29, 0.717) is 30.0 Å². The van der Waals surface area contributed by atoms with E-state index in [1.165, 1.54) is 0 Å². The molecule has 0 atom stereocenters. The highest BCUT2D eigenvalue weighted by atomic mass is 16.5. The number of ether oxygens (including phenoxy) is 2. The Morgan fingerprint density at radius 3 is 2.83 bits per heavy atom. The first-order valence-electron chi connectivity index (χ1n) is 8.15. The van der Waals surface area contributed by atoms with Crippen LogP contribution in [-0.4, -0.2) is 59.5 Å². The highest BCUT2D eigenvalue weighted by molar-refractivity contribution is 5.48. The van der Waals surface area contributed by atoms with Crippen LogP contribution in [0.2, 0.25) is 0 Å². The molecule has 8 heteroatoms. The molecule has 1 aliphatic rings. The molecule has 130 valence electrons. The van der Waals surface area contributed by atoms with Gasteiger partial charge in [0.2, 0.25) is 5.82 Å². The number of H-pyrrole nitrogens is 1. The normalized spacial score (nSPS) is 16.4. The minimum Gasteiger partial charge on any atom is -0.492 e. The second-order valence-electron chi connectivity index (χ2n) is 5.80. The lowest BCUT2D eigenvalue weighted by molar-refractivity contribution is 0.0398. The second-order valence-corrected chi connectivity index (χ2v) is 5.80. The number of aromatic nitrogens is 3. The predicted octanol–water partition coefficient (Wildman–Crippen LogP) is 1.30. The van der Waals surface area contributed by atoms with Gasteiger partial charge in [0.05, 0.1) is 18.9 Å². The summed E-state index contributed by atoms with van der Waals surface area (Å²) in [4.78, 5) is 20.0. The fraction of sp³-hybridized carbons (Fsp3) is 0.562. The van der Waals surface area contributed by atoms with Crippen LogP contribution in [-0.2, 0) is 4.74 Å². The summed E-state index contributed by atoms with van der Waals surface area (Å²) in [6, 6.07) is 3.54. The average Bonchev–Trinajstić information content (AvgIpc) is 3.06. The maximum Gasteiger partial charge on any atom is 0.439 e. The Balaban J connectivity index is 1.39. The predicted molar refractivity (Wildman–Crippen MR) is 86.9 cm³/mol. The molecule has 1 fully saturated rings. The number of aromatic amines is 1. The van der Waals surface area contributed by atoms with Gasteiger partial charge in [-0.15, -0.1) is 0 Å². The number of rotatable bonds is 7. The molecule has 2 aromatic heterocycles.